The lowest BCUT2D eigenvalue weighted by atomic mass is 10.0. The number of alkyl carbamates (subject to hydrolysis) is 1. The number of aromatic nitrogens is 5. The second-order valence-electron chi connectivity index (χ2n) is 13.4. The molecule has 10 nitrogen and oxygen atoms in total. The highest BCUT2D eigenvalue weighted by molar-refractivity contribution is 6.76. The summed E-state index contributed by atoms with van der Waals surface area (Å²) in [7, 11) is 0.608. The van der Waals surface area contributed by atoms with Gasteiger partial charge < -0.3 is 24.3 Å². The van der Waals surface area contributed by atoms with Crippen molar-refractivity contribution in [2.45, 2.75) is 77.4 Å². The zero-order valence-electron chi connectivity index (χ0n) is 25.9. The van der Waals surface area contributed by atoms with Crippen molar-refractivity contribution in [1.29, 1.82) is 0 Å². The van der Waals surface area contributed by atoms with Crippen LogP contribution in [0, 0.1) is 0 Å². The Labute approximate surface area is 257 Å². The molecule has 1 aromatic carbocycles. The number of rotatable bonds is 8. The number of nitrogens with zero attached hydrogens (tertiary/aromatic N) is 6. The first kappa shape index (κ1) is 31.2. The van der Waals surface area contributed by atoms with Crippen LogP contribution in [0.1, 0.15) is 27.2 Å². The fraction of sp³-hybridized carbons (Fsp3) is 0.533. The SMILES string of the molecule is Cn1cc2c(Cl)c(-c3cn(COCC[Si](C)(C)C)c4nc(N5CC[C@@H](NC(=O)OC(C)(C)C)[C@H](F)C5)cnc34)ccc2n1. The summed E-state index contributed by atoms with van der Waals surface area (Å²) in [6.07, 6.45) is 4.05. The monoisotopic (exact) mass is 629 g/mol. The molecule has 1 aliphatic rings. The summed E-state index contributed by atoms with van der Waals surface area (Å²) in [4.78, 5) is 23.9. The summed E-state index contributed by atoms with van der Waals surface area (Å²) in [5, 5.41) is 8.60. The maximum Gasteiger partial charge on any atom is 0.407 e. The number of nitrogens with one attached hydrogen (secondary N) is 1. The standard InChI is InChI=1S/C30H41ClFN7O3Si/c1-30(2,3)42-29(40)34-24-10-11-38(17-22(24)32)25-14-33-27-20(19-8-9-23-21(26(19)31)15-37(4)36-23)16-39(28(27)35-25)18-41-12-13-43(5,6)7/h8-9,14-16,22,24H,10-13,17-18H2,1-7H3,(H,34,40)/t22-,24-/m1/s1. The zero-order chi connectivity index (χ0) is 31.1. The number of hydrogen-bond acceptors (Lipinski definition) is 7. The van der Waals surface area contributed by atoms with Gasteiger partial charge in [-0.05, 0) is 39.3 Å². The molecule has 0 radical (unpaired) electrons. The van der Waals surface area contributed by atoms with Gasteiger partial charge in [0.25, 0.3) is 0 Å². The third kappa shape index (κ3) is 7.30. The molecule has 1 amide bonds. The van der Waals surface area contributed by atoms with Crippen molar-refractivity contribution >= 4 is 53.7 Å². The smallest absolute Gasteiger partial charge is 0.407 e. The molecule has 4 heterocycles. The molecule has 0 spiro atoms. The van der Waals surface area contributed by atoms with Crippen molar-refractivity contribution in [3.63, 3.8) is 0 Å². The number of amides is 1. The van der Waals surface area contributed by atoms with Gasteiger partial charge in [-0.3, -0.25) is 4.68 Å². The van der Waals surface area contributed by atoms with Crippen LogP contribution in [0.5, 0.6) is 0 Å². The van der Waals surface area contributed by atoms with E-state index < -0.39 is 32.0 Å². The highest BCUT2D eigenvalue weighted by Gasteiger charge is 2.33. The second kappa shape index (κ2) is 12.0. The molecule has 43 heavy (non-hydrogen) atoms. The average Bonchev–Trinajstić information content (AvgIpc) is 3.46. The summed E-state index contributed by atoms with van der Waals surface area (Å²) in [6, 6.07) is 4.31. The number of hydrogen-bond donors (Lipinski definition) is 1. The number of carbonyl (C=O) groups is 1. The highest BCUT2D eigenvalue weighted by Crippen LogP contribution is 2.38. The Balaban J connectivity index is 1.42. The van der Waals surface area contributed by atoms with Crippen LogP contribution in [0.15, 0.2) is 30.7 Å². The minimum absolute atomic E-state index is 0.0738. The molecule has 4 aromatic rings. The Bertz CT molecular complexity index is 1630. The summed E-state index contributed by atoms with van der Waals surface area (Å²) in [5.74, 6) is 0.563. The summed E-state index contributed by atoms with van der Waals surface area (Å²) in [6.45, 7) is 13.8. The number of aryl methyl sites for hydroxylation is 1. The Morgan fingerprint density at radius 3 is 2.67 bits per heavy atom. The van der Waals surface area contributed by atoms with Gasteiger partial charge in [-0.2, -0.15) is 5.10 Å². The molecule has 2 atom stereocenters. The Hall–Kier alpha value is -3.22. The fourth-order valence-corrected chi connectivity index (χ4v) is 6.22. The van der Waals surface area contributed by atoms with E-state index in [1.165, 1.54) is 0 Å². The van der Waals surface area contributed by atoms with Crippen molar-refractivity contribution < 1.29 is 18.7 Å². The van der Waals surface area contributed by atoms with Crippen molar-refractivity contribution in [1.82, 2.24) is 29.6 Å². The minimum atomic E-state index is -1.30. The van der Waals surface area contributed by atoms with Crippen LogP contribution in [0.25, 0.3) is 33.2 Å². The third-order valence-corrected chi connectivity index (χ3v) is 9.49. The van der Waals surface area contributed by atoms with E-state index in [0.29, 0.717) is 48.3 Å². The number of alkyl halides is 1. The molecule has 3 aromatic heterocycles. The largest absolute Gasteiger partial charge is 0.444 e. The molecule has 1 fully saturated rings. The van der Waals surface area contributed by atoms with E-state index in [1.54, 1.807) is 31.6 Å². The molecular weight excluding hydrogens is 589 g/mol. The van der Waals surface area contributed by atoms with Crippen LogP contribution >= 0.6 is 11.6 Å². The minimum Gasteiger partial charge on any atom is -0.444 e. The molecule has 232 valence electrons. The van der Waals surface area contributed by atoms with E-state index in [0.717, 1.165) is 28.1 Å². The van der Waals surface area contributed by atoms with Gasteiger partial charge in [0, 0.05) is 57.2 Å². The van der Waals surface area contributed by atoms with Gasteiger partial charge in [0.2, 0.25) is 0 Å². The van der Waals surface area contributed by atoms with Gasteiger partial charge in [0.15, 0.2) is 5.65 Å². The van der Waals surface area contributed by atoms with Gasteiger partial charge in [-0.25, -0.2) is 19.2 Å². The van der Waals surface area contributed by atoms with E-state index in [2.05, 4.69) is 30.1 Å². The summed E-state index contributed by atoms with van der Waals surface area (Å²) < 4.78 is 30.4. The van der Waals surface area contributed by atoms with Gasteiger partial charge in [-0.15, -0.1) is 0 Å². The van der Waals surface area contributed by atoms with Crippen molar-refractivity contribution in [3.05, 3.63) is 35.7 Å². The van der Waals surface area contributed by atoms with E-state index in [-0.39, 0.29) is 6.54 Å². The summed E-state index contributed by atoms with van der Waals surface area (Å²) in [5.41, 5.74) is 3.14. The lowest BCUT2D eigenvalue weighted by Gasteiger charge is -2.35. The molecular formula is C30H41ClFN7O3Si. The molecule has 0 aliphatic carbocycles. The maximum absolute atomic E-state index is 15.3. The number of benzene rings is 1. The molecule has 0 bridgehead atoms. The molecule has 1 N–H and O–H groups in total. The fourth-order valence-electron chi connectivity index (χ4n) is 5.15. The molecule has 0 saturated carbocycles. The number of fused-ring (bicyclic) bond motifs is 2. The first-order chi connectivity index (χ1) is 20.2. The number of halogens is 2. The molecule has 1 aliphatic heterocycles. The lowest BCUT2D eigenvalue weighted by Crippen LogP contribution is -2.53. The average molecular weight is 630 g/mol. The lowest BCUT2D eigenvalue weighted by molar-refractivity contribution is 0.0463. The van der Waals surface area contributed by atoms with Gasteiger partial charge in [-0.1, -0.05) is 37.3 Å². The van der Waals surface area contributed by atoms with E-state index in [9.17, 15) is 4.79 Å². The van der Waals surface area contributed by atoms with Gasteiger partial charge in [0.1, 0.15) is 29.8 Å². The zero-order valence-corrected chi connectivity index (χ0v) is 27.7. The highest BCUT2D eigenvalue weighted by atomic mass is 35.5. The topological polar surface area (TPSA) is 99.3 Å². The normalized spacial score (nSPS) is 18.0. The van der Waals surface area contributed by atoms with E-state index in [1.807, 2.05) is 41.0 Å². The Kier molecular flexibility index (Phi) is 8.74. The van der Waals surface area contributed by atoms with Crippen molar-refractivity contribution in [2.24, 2.45) is 7.05 Å². The number of piperidine rings is 1. The molecule has 1 saturated heterocycles. The molecule has 13 heteroatoms. The number of ether oxygens (including phenoxy) is 2. The maximum atomic E-state index is 15.3. The first-order valence-electron chi connectivity index (χ1n) is 14.6. The predicted molar refractivity (Wildman–Crippen MR) is 171 cm³/mol. The van der Waals surface area contributed by atoms with Crippen LogP contribution < -0.4 is 10.2 Å². The Morgan fingerprint density at radius 2 is 1.98 bits per heavy atom. The third-order valence-electron chi connectivity index (χ3n) is 7.38. The van der Waals surface area contributed by atoms with Crippen LogP contribution in [0.4, 0.5) is 15.0 Å². The number of carbonyl (C=O) groups excluding carboxylic acids is 1. The summed E-state index contributed by atoms with van der Waals surface area (Å²) >= 11 is 6.90. The number of anilines is 1. The van der Waals surface area contributed by atoms with Crippen LogP contribution in [-0.4, -0.2) is 76.0 Å². The molecule has 5 rings (SSSR count). The van der Waals surface area contributed by atoms with E-state index in [4.69, 9.17) is 31.0 Å². The Morgan fingerprint density at radius 1 is 1.21 bits per heavy atom. The first-order valence-corrected chi connectivity index (χ1v) is 18.7. The van der Waals surface area contributed by atoms with Gasteiger partial charge >= 0.3 is 6.09 Å². The van der Waals surface area contributed by atoms with Crippen molar-refractivity contribution in [3.8, 4) is 11.1 Å². The van der Waals surface area contributed by atoms with Crippen LogP contribution in [0.2, 0.25) is 30.7 Å². The predicted octanol–water partition coefficient (Wildman–Crippen LogP) is 6.39. The van der Waals surface area contributed by atoms with Crippen LogP contribution in [-0.2, 0) is 23.3 Å². The molecule has 0 unspecified atom stereocenters. The van der Waals surface area contributed by atoms with Crippen molar-refractivity contribution in [2.75, 3.05) is 24.6 Å². The van der Waals surface area contributed by atoms with Gasteiger partial charge in [0.05, 0.1) is 29.3 Å². The second-order valence-corrected chi connectivity index (χ2v) is 19.4. The quantitative estimate of drug-likeness (QED) is 0.178. The van der Waals surface area contributed by atoms with E-state index >= 15 is 4.39 Å². The van der Waals surface area contributed by atoms with Crippen LogP contribution in [0.3, 0.4) is 0 Å².